The Morgan fingerprint density at radius 3 is 1.93 bits per heavy atom. The van der Waals surface area contributed by atoms with Gasteiger partial charge in [-0.05, 0) is 47.5 Å². The molecule has 7 heteroatoms. The summed E-state index contributed by atoms with van der Waals surface area (Å²) in [5.74, 6) is 0.512. The smallest absolute Gasteiger partial charge is 0.374 e. The van der Waals surface area contributed by atoms with Crippen LogP contribution in [0.5, 0.6) is 0 Å². The molecule has 0 aromatic heterocycles. The van der Waals surface area contributed by atoms with Gasteiger partial charge in [0, 0.05) is 63.2 Å². The first-order valence-corrected chi connectivity index (χ1v) is 15.9. The topological polar surface area (TPSA) is 34.2 Å². The summed E-state index contributed by atoms with van der Waals surface area (Å²) >= 11 is 0. The van der Waals surface area contributed by atoms with Crippen LogP contribution in [0, 0.1) is 5.92 Å². The molecule has 0 aromatic carbocycles. The van der Waals surface area contributed by atoms with Gasteiger partial charge >= 0.3 is 8.80 Å². The molecule has 0 radical (unpaired) electrons. The molecule has 0 bridgehead atoms. The van der Waals surface area contributed by atoms with Gasteiger partial charge in [0.05, 0.1) is 8.80 Å². The van der Waals surface area contributed by atoms with Crippen molar-refractivity contribution < 1.29 is 13.3 Å². The van der Waals surface area contributed by atoms with Crippen molar-refractivity contribution in [3.63, 3.8) is 0 Å². The van der Waals surface area contributed by atoms with Gasteiger partial charge in [-0.3, -0.25) is 4.90 Å². The highest BCUT2D eigenvalue weighted by Crippen LogP contribution is 2.26. The molecule has 0 spiro atoms. The zero-order valence-corrected chi connectivity index (χ0v) is 21.7. The fourth-order valence-corrected chi connectivity index (χ4v) is 8.86. The third-order valence-corrected chi connectivity index (χ3v) is 11.0. The standard InChI is InChI=1S/C20H46N2O3Si2/c1-10-23-27(24-11-2,25-12-3)17-18(4)15-21-13-14-22(20(5,6)7)16-19(21)26(8)9/h18-19,26H,10-17H2,1-9H3. The van der Waals surface area contributed by atoms with Crippen molar-refractivity contribution in [3.8, 4) is 0 Å². The zero-order chi connectivity index (χ0) is 20.7. The van der Waals surface area contributed by atoms with E-state index >= 15 is 0 Å². The quantitative estimate of drug-likeness (QED) is 0.480. The van der Waals surface area contributed by atoms with E-state index in [1.165, 1.54) is 19.6 Å². The second-order valence-electron chi connectivity index (χ2n) is 9.21. The maximum atomic E-state index is 6.08. The average Bonchev–Trinajstić information content (AvgIpc) is 2.54. The molecule has 0 N–H and O–H groups in total. The predicted octanol–water partition coefficient (Wildman–Crippen LogP) is 3.48. The minimum Gasteiger partial charge on any atom is -0.374 e. The third-order valence-electron chi connectivity index (χ3n) is 5.49. The van der Waals surface area contributed by atoms with Gasteiger partial charge in [0.25, 0.3) is 0 Å². The third kappa shape index (κ3) is 7.87. The van der Waals surface area contributed by atoms with Crippen molar-refractivity contribution in [1.82, 2.24) is 9.80 Å². The van der Waals surface area contributed by atoms with Crippen LogP contribution in [0.2, 0.25) is 19.1 Å². The number of piperazine rings is 1. The molecule has 0 aliphatic carbocycles. The van der Waals surface area contributed by atoms with E-state index in [1.807, 2.05) is 20.8 Å². The van der Waals surface area contributed by atoms with Gasteiger partial charge in [-0.1, -0.05) is 20.0 Å². The highest BCUT2D eigenvalue weighted by molar-refractivity contribution is 6.60. The van der Waals surface area contributed by atoms with Crippen LogP contribution in [-0.2, 0) is 13.3 Å². The lowest BCUT2D eigenvalue weighted by molar-refractivity contribution is 0.0364. The lowest BCUT2D eigenvalue weighted by Crippen LogP contribution is -2.62. The Morgan fingerprint density at radius 2 is 1.52 bits per heavy atom. The number of hydrogen-bond acceptors (Lipinski definition) is 5. The monoisotopic (exact) mass is 418 g/mol. The second-order valence-corrected chi connectivity index (χ2v) is 15.1. The van der Waals surface area contributed by atoms with Gasteiger partial charge in [0.1, 0.15) is 0 Å². The summed E-state index contributed by atoms with van der Waals surface area (Å²) in [6.07, 6.45) is 0. The van der Waals surface area contributed by atoms with Crippen molar-refractivity contribution in [3.05, 3.63) is 0 Å². The molecule has 1 heterocycles. The van der Waals surface area contributed by atoms with Crippen LogP contribution in [0.15, 0.2) is 0 Å². The highest BCUT2D eigenvalue weighted by atomic mass is 28.4. The Kier molecular flexibility index (Phi) is 10.7. The minimum atomic E-state index is -2.56. The van der Waals surface area contributed by atoms with Gasteiger partial charge in [0.15, 0.2) is 0 Å². The largest absolute Gasteiger partial charge is 0.501 e. The Bertz CT molecular complexity index is 402. The van der Waals surface area contributed by atoms with E-state index in [0.29, 0.717) is 25.7 Å². The van der Waals surface area contributed by atoms with E-state index in [0.717, 1.165) is 18.3 Å². The van der Waals surface area contributed by atoms with E-state index in [-0.39, 0.29) is 5.54 Å². The lowest BCUT2D eigenvalue weighted by Gasteiger charge is -2.49. The molecule has 27 heavy (non-hydrogen) atoms. The van der Waals surface area contributed by atoms with Gasteiger partial charge in [-0.25, -0.2) is 0 Å². The summed E-state index contributed by atoms with van der Waals surface area (Å²) in [6.45, 7) is 27.1. The summed E-state index contributed by atoms with van der Waals surface area (Å²) < 4.78 is 18.2. The lowest BCUT2D eigenvalue weighted by atomic mass is 10.0. The van der Waals surface area contributed by atoms with Gasteiger partial charge in [0.2, 0.25) is 0 Å². The Balaban J connectivity index is 2.79. The zero-order valence-electron chi connectivity index (χ0n) is 19.5. The molecule has 1 fully saturated rings. The van der Waals surface area contributed by atoms with Crippen LogP contribution in [0.25, 0.3) is 0 Å². The van der Waals surface area contributed by atoms with Crippen LogP contribution in [0.1, 0.15) is 48.5 Å². The van der Waals surface area contributed by atoms with E-state index in [2.05, 4.69) is 50.6 Å². The summed E-state index contributed by atoms with van der Waals surface area (Å²) in [5.41, 5.74) is 1.00. The van der Waals surface area contributed by atoms with E-state index in [9.17, 15) is 0 Å². The Morgan fingerprint density at radius 1 is 1.00 bits per heavy atom. The van der Waals surface area contributed by atoms with E-state index in [1.54, 1.807) is 0 Å². The fraction of sp³-hybridized carbons (Fsp3) is 1.00. The molecule has 0 saturated carbocycles. The van der Waals surface area contributed by atoms with Crippen LogP contribution in [-0.4, -0.2) is 84.6 Å². The molecule has 0 aromatic rings. The molecule has 1 aliphatic rings. The molecule has 0 amide bonds. The Hall–Kier alpha value is 0.234. The fourth-order valence-electron chi connectivity index (χ4n) is 4.17. The molecular formula is C20H46N2O3Si2. The second kappa shape index (κ2) is 11.4. The number of nitrogens with zero attached hydrogens (tertiary/aromatic N) is 2. The summed E-state index contributed by atoms with van der Waals surface area (Å²) in [6, 6.07) is 0.911. The van der Waals surface area contributed by atoms with Gasteiger partial charge in [-0.2, -0.15) is 0 Å². The van der Waals surface area contributed by atoms with Crippen molar-refractivity contribution in [1.29, 1.82) is 0 Å². The van der Waals surface area contributed by atoms with Crippen molar-refractivity contribution in [2.45, 2.75) is 78.8 Å². The molecule has 1 rings (SSSR count). The highest BCUT2D eigenvalue weighted by Gasteiger charge is 2.43. The summed E-state index contributed by atoms with van der Waals surface area (Å²) in [4.78, 5) is 5.43. The van der Waals surface area contributed by atoms with Gasteiger partial charge < -0.3 is 18.2 Å². The normalized spacial score (nSPS) is 21.8. The average molecular weight is 419 g/mol. The molecule has 1 saturated heterocycles. The molecular weight excluding hydrogens is 372 g/mol. The SMILES string of the molecule is CCO[Si](CC(C)CN1CCN(C(C)(C)C)CC1[SiH](C)C)(OCC)OCC. The van der Waals surface area contributed by atoms with Crippen molar-refractivity contribution in [2.24, 2.45) is 5.92 Å². The summed E-state index contributed by atoms with van der Waals surface area (Å²) in [5, 5.41) is 0. The van der Waals surface area contributed by atoms with Gasteiger partial charge in [-0.15, -0.1) is 0 Å². The maximum absolute atomic E-state index is 6.08. The first-order chi connectivity index (χ1) is 12.6. The van der Waals surface area contributed by atoms with Crippen LogP contribution >= 0.6 is 0 Å². The van der Waals surface area contributed by atoms with Crippen LogP contribution in [0.4, 0.5) is 0 Å². The summed E-state index contributed by atoms with van der Waals surface area (Å²) in [7, 11) is -3.33. The minimum absolute atomic E-state index is 0.264. The molecule has 162 valence electrons. The predicted molar refractivity (Wildman–Crippen MR) is 120 cm³/mol. The molecule has 1 aliphatic heterocycles. The molecule has 2 atom stereocenters. The number of rotatable bonds is 11. The van der Waals surface area contributed by atoms with Crippen molar-refractivity contribution >= 4 is 17.6 Å². The molecule has 2 unspecified atom stereocenters. The first kappa shape index (κ1) is 25.3. The Labute approximate surface area is 171 Å². The molecule has 5 nitrogen and oxygen atoms in total. The van der Waals surface area contributed by atoms with E-state index in [4.69, 9.17) is 13.3 Å². The van der Waals surface area contributed by atoms with Crippen LogP contribution in [0.3, 0.4) is 0 Å². The van der Waals surface area contributed by atoms with E-state index < -0.39 is 17.6 Å². The first-order valence-electron chi connectivity index (χ1n) is 11.0. The maximum Gasteiger partial charge on any atom is 0.501 e. The van der Waals surface area contributed by atoms with Crippen molar-refractivity contribution in [2.75, 3.05) is 46.0 Å². The number of hydrogen-bond donors (Lipinski definition) is 0. The van der Waals surface area contributed by atoms with Crippen LogP contribution < -0.4 is 0 Å².